The maximum absolute atomic E-state index is 12.5. The largest absolute Gasteiger partial charge is 0.506 e. The zero-order chi connectivity index (χ0) is 15.7. The molecular weight excluding hydrogens is 300 g/mol. The molecule has 22 heavy (non-hydrogen) atoms. The molecule has 0 fully saturated rings. The third kappa shape index (κ3) is 2.56. The highest BCUT2D eigenvalue weighted by Crippen LogP contribution is 2.23. The van der Waals surface area contributed by atoms with Crippen LogP contribution in [0.25, 0.3) is 18.3 Å². The number of rotatable bonds is 2. The van der Waals surface area contributed by atoms with Gasteiger partial charge in [0.1, 0.15) is 5.75 Å². The van der Waals surface area contributed by atoms with Gasteiger partial charge >= 0.3 is 0 Å². The van der Waals surface area contributed by atoms with E-state index in [1.165, 1.54) is 10.7 Å². The van der Waals surface area contributed by atoms with E-state index in [2.05, 4.69) is 11.7 Å². The molecule has 1 aromatic heterocycles. The Morgan fingerprint density at radius 1 is 1.18 bits per heavy atom. The number of hydrogen-bond acceptors (Lipinski definition) is 2. The molecule has 0 aliphatic rings. The normalized spacial score (nSPS) is 11.8. The number of hydrogen-bond donors (Lipinski definition) is 2. The van der Waals surface area contributed by atoms with E-state index in [9.17, 15) is 9.90 Å². The molecule has 5 heteroatoms. The van der Waals surface area contributed by atoms with Crippen LogP contribution in [0.5, 0.6) is 5.75 Å². The maximum atomic E-state index is 12.5. The third-order valence-electron chi connectivity index (χ3n) is 3.30. The second kappa shape index (κ2) is 5.58. The first-order valence-electron chi connectivity index (χ1n) is 6.62. The summed E-state index contributed by atoms with van der Waals surface area (Å²) in [6.45, 7) is 3.87. The smallest absolute Gasteiger partial charge is 0.279 e. The number of aromatic nitrogens is 2. The van der Waals surface area contributed by atoms with Crippen LogP contribution in [0.1, 0.15) is 5.56 Å². The molecule has 0 atom stereocenters. The number of H-pyrrole nitrogens is 1. The first kappa shape index (κ1) is 14.2. The highest BCUT2D eigenvalue weighted by atomic mass is 35.5. The van der Waals surface area contributed by atoms with Crippen LogP contribution >= 0.6 is 11.6 Å². The lowest BCUT2D eigenvalue weighted by molar-refractivity contribution is 0.475. The van der Waals surface area contributed by atoms with E-state index in [0.717, 1.165) is 5.69 Å². The molecular formula is C17H13ClN2O2. The topological polar surface area (TPSA) is 58.0 Å². The quantitative estimate of drug-likeness (QED) is 0.757. The summed E-state index contributed by atoms with van der Waals surface area (Å²) < 4.78 is 1.44. The highest BCUT2D eigenvalue weighted by Gasteiger charge is 2.05. The average Bonchev–Trinajstić information content (AvgIpc) is 2.80. The first-order chi connectivity index (χ1) is 10.6. The van der Waals surface area contributed by atoms with E-state index >= 15 is 0 Å². The second-order valence-corrected chi connectivity index (χ2v) is 5.24. The fourth-order valence-corrected chi connectivity index (χ4v) is 2.37. The van der Waals surface area contributed by atoms with Crippen molar-refractivity contribution >= 4 is 24.3 Å². The fourth-order valence-electron chi connectivity index (χ4n) is 2.18. The minimum absolute atomic E-state index is 0.00410. The minimum atomic E-state index is -0.194. The minimum Gasteiger partial charge on any atom is -0.506 e. The summed E-state index contributed by atoms with van der Waals surface area (Å²) in [5.74, 6) is 0.00410. The number of aromatic hydroxyl groups is 1. The van der Waals surface area contributed by atoms with Gasteiger partial charge in [-0.25, -0.2) is 4.68 Å². The van der Waals surface area contributed by atoms with E-state index < -0.39 is 0 Å². The maximum Gasteiger partial charge on any atom is 0.279 e. The fraction of sp³-hybridized carbons (Fsp3) is 0. The Morgan fingerprint density at radius 3 is 2.59 bits per heavy atom. The van der Waals surface area contributed by atoms with E-state index in [1.54, 1.807) is 18.2 Å². The van der Waals surface area contributed by atoms with E-state index in [0.29, 0.717) is 16.1 Å². The molecule has 2 aromatic carbocycles. The number of halogens is 1. The van der Waals surface area contributed by atoms with Gasteiger partial charge in [0.15, 0.2) is 0 Å². The van der Waals surface area contributed by atoms with Crippen molar-refractivity contribution in [3.63, 3.8) is 0 Å². The van der Waals surface area contributed by atoms with Crippen LogP contribution < -0.4 is 16.1 Å². The highest BCUT2D eigenvalue weighted by molar-refractivity contribution is 6.32. The Bertz CT molecular complexity index is 988. The van der Waals surface area contributed by atoms with Crippen molar-refractivity contribution in [3.05, 3.63) is 80.0 Å². The summed E-state index contributed by atoms with van der Waals surface area (Å²) in [7, 11) is 0. The van der Waals surface area contributed by atoms with Crippen molar-refractivity contribution in [3.8, 4) is 11.4 Å². The number of para-hydroxylation sites is 1. The van der Waals surface area contributed by atoms with Gasteiger partial charge in [0.2, 0.25) is 0 Å². The molecule has 4 nitrogen and oxygen atoms in total. The van der Waals surface area contributed by atoms with Crippen LogP contribution in [0.3, 0.4) is 0 Å². The summed E-state index contributed by atoms with van der Waals surface area (Å²) >= 11 is 5.88. The summed E-state index contributed by atoms with van der Waals surface area (Å²) in [6.07, 6.45) is 1.69. The number of phenols is 1. The SMILES string of the molecule is C=c1[nH]n(-c2ccccc2)c(=O)c1=Cc1ccc(O)c(Cl)c1. The number of aromatic amines is 1. The lowest BCUT2D eigenvalue weighted by Gasteiger charge is -1.99. The Hall–Kier alpha value is -2.72. The predicted octanol–water partition coefficient (Wildman–Crippen LogP) is 1.76. The zero-order valence-electron chi connectivity index (χ0n) is 11.6. The van der Waals surface area contributed by atoms with Crippen LogP contribution in [-0.4, -0.2) is 14.9 Å². The molecule has 0 aliphatic heterocycles. The van der Waals surface area contributed by atoms with E-state index in [4.69, 9.17) is 11.6 Å². The number of benzene rings is 2. The number of nitrogens with zero attached hydrogens (tertiary/aromatic N) is 1. The summed E-state index contributed by atoms with van der Waals surface area (Å²) in [4.78, 5) is 12.5. The number of phenolic OH excluding ortho intramolecular Hbond substituents is 1. The average molecular weight is 313 g/mol. The molecule has 1 heterocycles. The molecule has 0 amide bonds. The van der Waals surface area contributed by atoms with Crippen molar-refractivity contribution in [2.24, 2.45) is 0 Å². The van der Waals surface area contributed by atoms with Gasteiger partial charge in [-0.1, -0.05) is 42.4 Å². The molecule has 0 spiro atoms. The van der Waals surface area contributed by atoms with Crippen LogP contribution in [0.2, 0.25) is 5.02 Å². The Kier molecular flexibility index (Phi) is 3.61. The van der Waals surface area contributed by atoms with Gasteiger partial charge in [0.25, 0.3) is 5.56 Å². The second-order valence-electron chi connectivity index (χ2n) is 4.84. The van der Waals surface area contributed by atoms with Gasteiger partial charge in [-0.3, -0.25) is 9.89 Å². The van der Waals surface area contributed by atoms with Gasteiger partial charge in [-0.05, 0) is 35.9 Å². The standard InChI is InChI=1S/C17H13ClN2O2/c1-11-14(9-12-7-8-16(21)15(18)10-12)17(22)20(19-11)13-5-3-2-4-6-13/h2-10,19,21H,1H2. The molecule has 0 bridgehead atoms. The summed E-state index contributed by atoms with van der Waals surface area (Å²) in [6, 6.07) is 14.0. The van der Waals surface area contributed by atoms with Crippen LogP contribution in [0, 0.1) is 0 Å². The van der Waals surface area contributed by atoms with Crippen molar-refractivity contribution < 1.29 is 5.11 Å². The van der Waals surface area contributed by atoms with Crippen LogP contribution in [0.15, 0.2) is 53.3 Å². The van der Waals surface area contributed by atoms with Crippen molar-refractivity contribution in [1.82, 2.24) is 9.78 Å². The van der Waals surface area contributed by atoms with E-state index in [-0.39, 0.29) is 16.3 Å². The zero-order valence-corrected chi connectivity index (χ0v) is 12.3. The van der Waals surface area contributed by atoms with Gasteiger partial charge < -0.3 is 5.11 Å². The molecule has 3 rings (SSSR count). The Balaban J connectivity index is 2.19. The lowest BCUT2D eigenvalue weighted by Crippen LogP contribution is -2.33. The van der Waals surface area contributed by atoms with Crippen LogP contribution in [0.4, 0.5) is 0 Å². The molecule has 110 valence electrons. The lowest BCUT2D eigenvalue weighted by atomic mass is 10.2. The molecule has 0 unspecified atom stereocenters. The van der Waals surface area contributed by atoms with Gasteiger partial charge in [-0.15, -0.1) is 0 Å². The monoisotopic (exact) mass is 312 g/mol. The molecule has 0 saturated heterocycles. The van der Waals surface area contributed by atoms with Gasteiger partial charge in [0, 0.05) is 0 Å². The predicted molar refractivity (Wildman–Crippen MR) is 87.8 cm³/mol. The Labute approximate surface area is 131 Å². The number of nitrogens with one attached hydrogen (secondary N) is 1. The third-order valence-corrected chi connectivity index (χ3v) is 3.61. The van der Waals surface area contributed by atoms with Crippen molar-refractivity contribution in [2.45, 2.75) is 0 Å². The van der Waals surface area contributed by atoms with E-state index in [1.807, 2.05) is 30.3 Å². The summed E-state index contributed by atoms with van der Waals surface area (Å²) in [5.41, 5.74) is 1.25. The summed E-state index contributed by atoms with van der Waals surface area (Å²) in [5, 5.41) is 13.6. The van der Waals surface area contributed by atoms with Gasteiger partial charge in [-0.2, -0.15) is 0 Å². The molecule has 0 radical (unpaired) electrons. The van der Waals surface area contributed by atoms with Crippen molar-refractivity contribution in [1.29, 1.82) is 0 Å². The van der Waals surface area contributed by atoms with Crippen molar-refractivity contribution in [2.75, 3.05) is 0 Å². The molecule has 2 N–H and O–H groups in total. The van der Waals surface area contributed by atoms with Crippen LogP contribution in [-0.2, 0) is 0 Å². The Morgan fingerprint density at radius 2 is 1.91 bits per heavy atom. The van der Waals surface area contributed by atoms with Gasteiger partial charge in [0.05, 0.1) is 21.3 Å². The molecule has 0 aliphatic carbocycles. The first-order valence-corrected chi connectivity index (χ1v) is 7.00. The molecule has 3 aromatic rings. The molecule has 0 saturated carbocycles.